The standard InChI is InChI=1S/C18H28N2O5S/c1-3-8-15(9-4-2)26(23,24)13-16(19)17(21)20-18(22)25-12-14-10-6-5-7-11-14/h5-7,10-11,15-16H,3-4,8-9,12-13,19H2,1-2H3,(H,20,21,22)/t16-/m1/s1. The Balaban J connectivity index is 2.53. The highest BCUT2D eigenvalue weighted by Gasteiger charge is 2.29. The number of carbonyl (C=O) groups excluding carboxylic acids is 2. The van der Waals surface area contributed by atoms with Crippen molar-refractivity contribution in [3.63, 3.8) is 0 Å². The molecule has 0 aromatic heterocycles. The Kier molecular flexibility index (Phi) is 9.29. The van der Waals surface area contributed by atoms with Gasteiger partial charge in [-0.15, -0.1) is 0 Å². The van der Waals surface area contributed by atoms with Crippen molar-refractivity contribution in [1.82, 2.24) is 5.32 Å². The van der Waals surface area contributed by atoms with Crippen LogP contribution >= 0.6 is 0 Å². The van der Waals surface area contributed by atoms with Crippen LogP contribution in [0, 0.1) is 0 Å². The lowest BCUT2D eigenvalue weighted by atomic mass is 10.2. The third-order valence-electron chi connectivity index (χ3n) is 3.92. The average molecular weight is 384 g/mol. The van der Waals surface area contributed by atoms with Crippen molar-refractivity contribution in [2.45, 2.75) is 57.4 Å². The summed E-state index contributed by atoms with van der Waals surface area (Å²) in [6, 6.07) is 7.65. The van der Waals surface area contributed by atoms with E-state index in [1.165, 1.54) is 0 Å². The largest absolute Gasteiger partial charge is 0.444 e. The van der Waals surface area contributed by atoms with Gasteiger partial charge in [0.25, 0.3) is 0 Å². The van der Waals surface area contributed by atoms with Gasteiger partial charge in [0, 0.05) is 0 Å². The molecule has 0 aliphatic carbocycles. The number of nitrogens with two attached hydrogens (primary N) is 1. The van der Waals surface area contributed by atoms with Gasteiger partial charge in [-0.2, -0.15) is 0 Å². The lowest BCUT2D eigenvalue weighted by molar-refractivity contribution is -0.121. The monoisotopic (exact) mass is 384 g/mol. The molecule has 0 aliphatic rings. The molecule has 0 radical (unpaired) electrons. The number of hydrogen-bond acceptors (Lipinski definition) is 6. The SMILES string of the molecule is CCCC(CCC)S(=O)(=O)C[C@@H](N)C(=O)NC(=O)OCc1ccccc1. The highest BCUT2D eigenvalue weighted by Crippen LogP contribution is 2.16. The maximum absolute atomic E-state index is 12.4. The van der Waals surface area contributed by atoms with Crippen LogP contribution in [0.5, 0.6) is 0 Å². The van der Waals surface area contributed by atoms with Crippen molar-refractivity contribution >= 4 is 21.8 Å². The smallest absolute Gasteiger partial charge is 0.414 e. The summed E-state index contributed by atoms with van der Waals surface area (Å²) < 4.78 is 29.8. The molecule has 0 bridgehead atoms. The Labute approximate surface area is 155 Å². The first-order valence-electron chi connectivity index (χ1n) is 8.78. The van der Waals surface area contributed by atoms with Gasteiger partial charge in [0.1, 0.15) is 6.61 Å². The summed E-state index contributed by atoms with van der Waals surface area (Å²) >= 11 is 0. The summed E-state index contributed by atoms with van der Waals surface area (Å²) in [5, 5.41) is 1.47. The predicted octanol–water partition coefficient (Wildman–Crippen LogP) is 2.15. The zero-order valence-electron chi connectivity index (χ0n) is 15.3. The molecule has 1 atom stereocenters. The number of carbonyl (C=O) groups is 2. The van der Waals surface area contributed by atoms with E-state index in [0.29, 0.717) is 12.8 Å². The minimum absolute atomic E-state index is 0.00254. The van der Waals surface area contributed by atoms with Gasteiger partial charge in [-0.1, -0.05) is 57.0 Å². The zero-order chi connectivity index (χ0) is 19.6. The van der Waals surface area contributed by atoms with Gasteiger partial charge < -0.3 is 10.5 Å². The second kappa shape index (κ2) is 10.9. The fourth-order valence-corrected chi connectivity index (χ4v) is 4.68. The van der Waals surface area contributed by atoms with Crippen LogP contribution in [0.3, 0.4) is 0 Å². The molecule has 1 aromatic carbocycles. The molecule has 1 rings (SSSR count). The van der Waals surface area contributed by atoms with Gasteiger partial charge >= 0.3 is 6.09 Å². The van der Waals surface area contributed by atoms with Gasteiger partial charge in [-0.25, -0.2) is 13.2 Å². The first kappa shape index (κ1) is 22.1. The minimum Gasteiger partial charge on any atom is -0.444 e. The van der Waals surface area contributed by atoms with Crippen molar-refractivity contribution < 1.29 is 22.7 Å². The Hall–Kier alpha value is -1.93. The van der Waals surface area contributed by atoms with Crippen LogP contribution in [-0.4, -0.2) is 37.5 Å². The summed E-state index contributed by atoms with van der Waals surface area (Å²) in [5.41, 5.74) is 6.46. The molecule has 0 heterocycles. The van der Waals surface area contributed by atoms with Crippen LogP contribution in [0.1, 0.15) is 45.1 Å². The molecular weight excluding hydrogens is 356 g/mol. The molecule has 7 nitrogen and oxygen atoms in total. The lowest BCUT2D eigenvalue weighted by Gasteiger charge is -2.19. The number of rotatable bonds is 10. The number of nitrogens with one attached hydrogen (secondary N) is 1. The lowest BCUT2D eigenvalue weighted by Crippen LogP contribution is -2.48. The molecule has 26 heavy (non-hydrogen) atoms. The number of hydrogen-bond donors (Lipinski definition) is 2. The van der Waals surface area contributed by atoms with Crippen LogP contribution in [0.25, 0.3) is 0 Å². The Morgan fingerprint density at radius 1 is 1.12 bits per heavy atom. The molecular formula is C18H28N2O5S. The number of imide groups is 1. The van der Waals surface area contributed by atoms with Crippen LogP contribution < -0.4 is 11.1 Å². The molecule has 0 saturated heterocycles. The average Bonchev–Trinajstić information content (AvgIpc) is 2.60. The highest BCUT2D eigenvalue weighted by molar-refractivity contribution is 7.92. The summed E-state index contributed by atoms with van der Waals surface area (Å²) in [7, 11) is -3.52. The third-order valence-corrected chi connectivity index (χ3v) is 6.23. The van der Waals surface area contributed by atoms with Gasteiger partial charge in [-0.05, 0) is 18.4 Å². The van der Waals surface area contributed by atoms with Crippen molar-refractivity contribution in [1.29, 1.82) is 0 Å². The normalized spacial score (nSPS) is 12.6. The summed E-state index contributed by atoms with van der Waals surface area (Å²) in [6.45, 7) is 3.82. The van der Waals surface area contributed by atoms with E-state index in [4.69, 9.17) is 10.5 Å². The molecule has 146 valence electrons. The summed E-state index contributed by atoms with van der Waals surface area (Å²) in [6.07, 6.45) is 1.58. The molecule has 0 spiro atoms. The fourth-order valence-electron chi connectivity index (χ4n) is 2.56. The van der Waals surface area contributed by atoms with Crippen molar-refractivity contribution in [3.8, 4) is 0 Å². The number of amides is 2. The van der Waals surface area contributed by atoms with E-state index in [1.54, 1.807) is 24.3 Å². The van der Waals surface area contributed by atoms with E-state index >= 15 is 0 Å². The molecule has 0 fully saturated rings. The zero-order valence-corrected chi connectivity index (χ0v) is 16.1. The number of ether oxygens (including phenoxy) is 1. The molecule has 0 aliphatic heterocycles. The van der Waals surface area contributed by atoms with Gasteiger partial charge in [0.15, 0.2) is 9.84 Å². The first-order chi connectivity index (χ1) is 12.3. The molecule has 1 aromatic rings. The molecule has 3 N–H and O–H groups in total. The van der Waals surface area contributed by atoms with Crippen molar-refractivity contribution in [2.24, 2.45) is 5.73 Å². The Bertz CT molecular complexity index is 670. The topological polar surface area (TPSA) is 116 Å². The Morgan fingerprint density at radius 2 is 1.69 bits per heavy atom. The van der Waals surface area contributed by atoms with Crippen molar-refractivity contribution in [3.05, 3.63) is 35.9 Å². The maximum atomic E-state index is 12.4. The third kappa shape index (κ3) is 7.53. The summed E-state index contributed by atoms with van der Waals surface area (Å²) in [4.78, 5) is 23.7. The second-order valence-corrected chi connectivity index (χ2v) is 8.51. The Morgan fingerprint density at radius 3 is 2.23 bits per heavy atom. The molecule has 0 saturated carbocycles. The number of benzene rings is 1. The van der Waals surface area contributed by atoms with E-state index in [0.717, 1.165) is 18.4 Å². The molecule has 2 amide bonds. The highest BCUT2D eigenvalue weighted by atomic mass is 32.2. The van der Waals surface area contributed by atoms with Crippen molar-refractivity contribution in [2.75, 3.05) is 5.75 Å². The number of sulfone groups is 1. The van der Waals surface area contributed by atoms with E-state index in [-0.39, 0.29) is 6.61 Å². The molecule has 0 unspecified atom stereocenters. The van der Waals surface area contributed by atoms with Crippen LogP contribution in [0.2, 0.25) is 0 Å². The molecule has 8 heteroatoms. The second-order valence-electron chi connectivity index (χ2n) is 6.19. The van der Waals surface area contributed by atoms with E-state index in [1.807, 2.05) is 25.2 Å². The predicted molar refractivity (Wildman–Crippen MR) is 100 cm³/mol. The van der Waals surface area contributed by atoms with E-state index < -0.39 is 38.9 Å². The van der Waals surface area contributed by atoms with Gasteiger partial charge in [0.05, 0.1) is 17.0 Å². The van der Waals surface area contributed by atoms with Crippen LogP contribution in [0.4, 0.5) is 4.79 Å². The number of alkyl carbamates (subject to hydrolysis) is 1. The first-order valence-corrected chi connectivity index (χ1v) is 10.5. The van der Waals surface area contributed by atoms with Crippen LogP contribution in [-0.2, 0) is 26.0 Å². The van der Waals surface area contributed by atoms with E-state index in [2.05, 4.69) is 0 Å². The van der Waals surface area contributed by atoms with Crippen LogP contribution in [0.15, 0.2) is 30.3 Å². The maximum Gasteiger partial charge on any atom is 0.414 e. The van der Waals surface area contributed by atoms with Gasteiger partial charge in [-0.3, -0.25) is 10.1 Å². The minimum atomic E-state index is -3.52. The van der Waals surface area contributed by atoms with E-state index in [9.17, 15) is 18.0 Å². The summed E-state index contributed by atoms with van der Waals surface area (Å²) in [5.74, 6) is -1.35. The quantitative estimate of drug-likeness (QED) is 0.638. The van der Waals surface area contributed by atoms with Gasteiger partial charge in [0.2, 0.25) is 5.91 Å². The fraction of sp³-hybridized carbons (Fsp3) is 0.556.